The highest BCUT2D eigenvalue weighted by Crippen LogP contribution is 2.28. The Hall–Kier alpha value is -2.33. The van der Waals surface area contributed by atoms with E-state index in [9.17, 15) is 4.79 Å². The Morgan fingerprint density at radius 3 is 2.63 bits per heavy atom. The zero-order valence-corrected chi connectivity index (χ0v) is 16.1. The van der Waals surface area contributed by atoms with Crippen LogP contribution in [0.15, 0.2) is 54.6 Å². The van der Waals surface area contributed by atoms with Gasteiger partial charge in [0.2, 0.25) is 5.91 Å². The van der Waals surface area contributed by atoms with Gasteiger partial charge < -0.3 is 15.4 Å². The van der Waals surface area contributed by atoms with Gasteiger partial charge in [-0.25, -0.2) is 0 Å². The summed E-state index contributed by atoms with van der Waals surface area (Å²) in [6, 6.07) is 18.0. The fraction of sp³-hybridized carbons (Fsp3) is 0.435. The van der Waals surface area contributed by atoms with Gasteiger partial charge in [-0.1, -0.05) is 30.3 Å². The number of ether oxygens (including phenoxy) is 1. The molecule has 3 rings (SSSR count). The first-order valence-corrected chi connectivity index (χ1v) is 9.93. The number of anilines is 1. The van der Waals surface area contributed by atoms with Crippen molar-refractivity contribution < 1.29 is 9.53 Å². The SMILES string of the molecule is COc1ccc(CC(CCC(=O)Nc2ccccc2)C2CCCNC2)cc1. The molecule has 2 aromatic carbocycles. The molecule has 1 aliphatic heterocycles. The number of methoxy groups -OCH3 is 1. The number of para-hydroxylation sites is 1. The molecule has 0 bridgehead atoms. The Morgan fingerprint density at radius 2 is 1.96 bits per heavy atom. The van der Waals surface area contributed by atoms with Crippen LogP contribution in [0.1, 0.15) is 31.2 Å². The maximum Gasteiger partial charge on any atom is 0.224 e. The molecule has 1 heterocycles. The molecule has 2 aromatic rings. The van der Waals surface area contributed by atoms with Gasteiger partial charge in [0.05, 0.1) is 7.11 Å². The van der Waals surface area contributed by atoms with Crippen molar-refractivity contribution in [2.75, 3.05) is 25.5 Å². The fourth-order valence-electron chi connectivity index (χ4n) is 3.91. The minimum atomic E-state index is 0.102. The molecule has 0 spiro atoms. The van der Waals surface area contributed by atoms with E-state index in [1.54, 1.807) is 7.11 Å². The summed E-state index contributed by atoms with van der Waals surface area (Å²) in [5.41, 5.74) is 2.18. The number of carbonyl (C=O) groups excluding carboxylic acids is 1. The number of amides is 1. The monoisotopic (exact) mass is 366 g/mol. The molecule has 0 saturated carbocycles. The molecular weight excluding hydrogens is 336 g/mol. The van der Waals surface area contributed by atoms with Crippen molar-refractivity contribution in [1.29, 1.82) is 0 Å². The second kappa shape index (κ2) is 10.1. The fourth-order valence-corrected chi connectivity index (χ4v) is 3.91. The average molecular weight is 367 g/mol. The standard InChI is InChI=1S/C23H30N2O2/c1-27-22-12-9-18(10-13-22)16-19(20-6-5-15-24-17-20)11-14-23(26)25-21-7-3-2-4-8-21/h2-4,7-10,12-13,19-20,24H,5-6,11,14-17H2,1H3,(H,25,26). The number of hydrogen-bond acceptors (Lipinski definition) is 3. The molecule has 2 N–H and O–H groups in total. The van der Waals surface area contributed by atoms with Crippen LogP contribution in [0.2, 0.25) is 0 Å². The number of piperidine rings is 1. The Morgan fingerprint density at radius 1 is 1.19 bits per heavy atom. The van der Waals surface area contributed by atoms with Gasteiger partial charge in [-0.3, -0.25) is 4.79 Å². The summed E-state index contributed by atoms with van der Waals surface area (Å²) in [6.07, 6.45) is 4.95. The topological polar surface area (TPSA) is 50.4 Å². The lowest BCUT2D eigenvalue weighted by Gasteiger charge is -2.31. The van der Waals surface area contributed by atoms with Crippen LogP contribution in [-0.4, -0.2) is 26.1 Å². The largest absolute Gasteiger partial charge is 0.497 e. The van der Waals surface area contributed by atoms with Crippen LogP contribution in [0, 0.1) is 11.8 Å². The molecule has 2 atom stereocenters. The van der Waals surface area contributed by atoms with Gasteiger partial charge in [-0.2, -0.15) is 0 Å². The quantitative estimate of drug-likeness (QED) is 0.733. The molecule has 0 aliphatic carbocycles. The van der Waals surface area contributed by atoms with E-state index in [-0.39, 0.29) is 5.91 Å². The van der Waals surface area contributed by atoms with Gasteiger partial charge >= 0.3 is 0 Å². The Balaban J connectivity index is 1.59. The van der Waals surface area contributed by atoms with E-state index in [4.69, 9.17) is 4.74 Å². The van der Waals surface area contributed by atoms with Gasteiger partial charge in [0, 0.05) is 12.1 Å². The zero-order chi connectivity index (χ0) is 18.9. The molecule has 1 aliphatic rings. The van der Waals surface area contributed by atoms with Crippen LogP contribution in [0.3, 0.4) is 0 Å². The van der Waals surface area contributed by atoms with Crippen LogP contribution < -0.4 is 15.4 Å². The second-order valence-corrected chi connectivity index (χ2v) is 7.37. The number of rotatable bonds is 8. The summed E-state index contributed by atoms with van der Waals surface area (Å²) < 4.78 is 5.26. The molecule has 2 unspecified atom stereocenters. The van der Waals surface area contributed by atoms with Crippen molar-refractivity contribution in [3.63, 3.8) is 0 Å². The maximum atomic E-state index is 12.4. The van der Waals surface area contributed by atoms with E-state index in [0.717, 1.165) is 37.4 Å². The van der Waals surface area contributed by atoms with Crippen molar-refractivity contribution >= 4 is 11.6 Å². The van der Waals surface area contributed by atoms with Gasteiger partial charge in [0.15, 0.2) is 0 Å². The van der Waals surface area contributed by atoms with E-state index < -0.39 is 0 Å². The van der Waals surface area contributed by atoms with Crippen LogP contribution in [0.4, 0.5) is 5.69 Å². The Labute approximate surface area is 162 Å². The molecule has 0 aromatic heterocycles. The normalized spacial score (nSPS) is 17.9. The first kappa shape index (κ1) is 19.4. The molecule has 27 heavy (non-hydrogen) atoms. The third-order valence-electron chi connectivity index (χ3n) is 5.46. The highest BCUT2D eigenvalue weighted by molar-refractivity contribution is 5.90. The van der Waals surface area contributed by atoms with Crippen molar-refractivity contribution in [1.82, 2.24) is 5.32 Å². The minimum Gasteiger partial charge on any atom is -0.497 e. The van der Waals surface area contributed by atoms with Gasteiger partial charge in [-0.05, 0) is 80.4 Å². The van der Waals surface area contributed by atoms with Gasteiger partial charge in [0.1, 0.15) is 5.75 Å². The lowest BCUT2D eigenvalue weighted by atomic mass is 9.79. The molecule has 4 nitrogen and oxygen atoms in total. The highest BCUT2D eigenvalue weighted by atomic mass is 16.5. The number of benzene rings is 2. The molecule has 0 radical (unpaired) electrons. The lowest BCUT2D eigenvalue weighted by molar-refractivity contribution is -0.116. The summed E-state index contributed by atoms with van der Waals surface area (Å²) in [5.74, 6) is 2.12. The molecule has 1 amide bonds. The van der Waals surface area contributed by atoms with Crippen molar-refractivity contribution in [3.8, 4) is 5.75 Å². The summed E-state index contributed by atoms with van der Waals surface area (Å²) in [5, 5.41) is 6.53. The predicted molar refractivity (Wildman–Crippen MR) is 110 cm³/mol. The second-order valence-electron chi connectivity index (χ2n) is 7.37. The Bertz CT molecular complexity index is 694. The third kappa shape index (κ3) is 6.10. The summed E-state index contributed by atoms with van der Waals surface area (Å²) in [6.45, 7) is 2.17. The van der Waals surface area contributed by atoms with Crippen LogP contribution in [0.25, 0.3) is 0 Å². The number of hydrogen-bond donors (Lipinski definition) is 2. The molecular formula is C23H30N2O2. The minimum absolute atomic E-state index is 0.102. The van der Waals surface area contributed by atoms with Crippen LogP contribution in [0.5, 0.6) is 5.75 Å². The van der Waals surface area contributed by atoms with E-state index in [2.05, 4.69) is 22.8 Å². The van der Waals surface area contributed by atoms with E-state index in [1.165, 1.54) is 18.4 Å². The zero-order valence-electron chi connectivity index (χ0n) is 16.1. The van der Waals surface area contributed by atoms with Crippen molar-refractivity contribution in [2.24, 2.45) is 11.8 Å². The average Bonchev–Trinajstić information content (AvgIpc) is 2.73. The van der Waals surface area contributed by atoms with E-state index >= 15 is 0 Å². The molecule has 144 valence electrons. The lowest BCUT2D eigenvalue weighted by Crippen LogP contribution is -2.35. The molecule has 1 fully saturated rings. The predicted octanol–water partition coefficient (Wildman–Crippen LogP) is 4.27. The van der Waals surface area contributed by atoms with E-state index in [1.807, 2.05) is 42.5 Å². The Kier molecular flexibility index (Phi) is 7.28. The summed E-state index contributed by atoms with van der Waals surface area (Å²) in [7, 11) is 1.69. The first-order valence-electron chi connectivity index (χ1n) is 9.93. The smallest absolute Gasteiger partial charge is 0.224 e. The summed E-state index contributed by atoms with van der Waals surface area (Å²) in [4.78, 5) is 12.4. The van der Waals surface area contributed by atoms with Gasteiger partial charge in [-0.15, -0.1) is 0 Å². The van der Waals surface area contributed by atoms with Crippen molar-refractivity contribution in [2.45, 2.75) is 32.1 Å². The van der Waals surface area contributed by atoms with Crippen molar-refractivity contribution in [3.05, 3.63) is 60.2 Å². The van der Waals surface area contributed by atoms with Crippen LogP contribution >= 0.6 is 0 Å². The summed E-state index contributed by atoms with van der Waals surface area (Å²) >= 11 is 0. The number of nitrogens with one attached hydrogen (secondary N) is 2. The molecule has 1 saturated heterocycles. The molecule has 4 heteroatoms. The van der Waals surface area contributed by atoms with E-state index in [0.29, 0.717) is 18.3 Å². The third-order valence-corrected chi connectivity index (χ3v) is 5.46. The number of carbonyl (C=O) groups is 1. The highest BCUT2D eigenvalue weighted by Gasteiger charge is 2.24. The van der Waals surface area contributed by atoms with Crippen LogP contribution in [-0.2, 0) is 11.2 Å². The van der Waals surface area contributed by atoms with Gasteiger partial charge in [0.25, 0.3) is 0 Å². The maximum absolute atomic E-state index is 12.4. The first-order chi connectivity index (χ1) is 13.2.